The minimum atomic E-state index is -0.0754. The molecule has 110 valence electrons. The quantitative estimate of drug-likeness (QED) is 0.750. The van der Waals surface area contributed by atoms with E-state index in [1.807, 2.05) is 6.07 Å². The third-order valence-electron chi connectivity index (χ3n) is 3.79. The predicted octanol–water partition coefficient (Wildman–Crippen LogP) is 3.36. The van der Waals surface area contributed by atoms with Gasteiger partial charge >= 0.3 is 0 Å². The van der Waals surface area contributed by atoms with Gasteiger partial charge < -0.3 is 10.6 Å². The molecule has 1 saturated carbocycles. The van der Waals surface area contributed by atoms with Crippen LogP contribution in [0.15, 0.2) is 18.3 Å². The summed E-state index contributed by atoms with van der Waals surface area (Å²) in [5.74, 6) is -0.0754. The van der Waals surface area contributed by atoms with Crippen LogP contribution in [0.1, 0.15) is 62.4 Å². The van der Waals surface area contributed by atoms with Gasteiger partial charge in [0.2, 0.25) is 0 Å². The maximum absolute atomic E-state index is 11.9. The smallest absolute Gasteiger partial charge is 0.269 e. The van der Waals surface area contributed by atoms with Crippen LogP contribution in [-0.2, 0) is 0 Å². The van der Waals surface area contributed by atoms with Gasteiger partial charge in [0, 0.05) is 12.6 Å². The van der Waals surface area contributed by atoms with Crippen LogP contribution < -0.4 is 10.6 Å². The van der Waals surface area contributed by atoms with Gasteiger partial charge in [0.1, 0.15) is 5.69 Å². The molecule has 0 spiro atoms. The number of hydrogen-bond donors (Lipinski definition) is 2. The van der Waals surface area contributed by atoms with Crippen LogP contribution >= 0.6 is 0 Å². The van der Waals surface area contributed by atoms with Crippen LogP contribution in [0.4, 0.5) is 5.69 Å². The van der Waals surface area contributed by atoms with Crippen molar-refractivity contribution in [1.29, 1.82) is 0 Å². The number of carbonyl (C=O) groups is 1. The van der Waals surface area contributed by atoms with E-state index in [9.17, 15) is 4.79 Å². The summed E-state index contributed by atoms with van der Waals surface area (Å²) in [5.41, 5.74) is 1.51. The van der Waals surface area contributed by atoms with Gasteiger partial charge in [0.25, 0.3) is 5.91 Å². The summed E-state index contributed by atoms with van der Waals surface area (Å²) in [4.78, 5) is 16.1. The van der Waals surface area contributed by atoms with Crippen molar-refractivity contribution >= 4 is 11.6 Å². The lowest BCUT2D eigenvalue weighted by Crippen LogP contribution is -2.25. The largest absolute Gasteiger partial charge is 0.381 e. The summed E-state index contributed by atoms with van der Waals surface area (Å²) in [7, 11) is 0. The first-order valence-corrected chi connectivity index (χ1v) is 7.80. The van der Waals surface area contributed by atoms with Crippen molar-refractivity contribution in [2.45, 2.75) is 57.9 Å². The molecule has 1 aromatic heterocycles. The number of nitrogens with one attached hydrogen (secondary N) is 2. The summed E-state index contributed by atoms with van der Waals surface area (Å²) in [6, 6.07) is 4.32. The van der Waals surface area contributed by atoms with Gasteiger partial charge in [-0.2, -0.15) is 0 Å². The van der Waals surface area contributed by atoms with Crippen molar-refractivity contribution in [3.8, 4) is 0 Å². The number of hydrogen-bond acceptors (Lipinski definition) is 3. The summed E-state index contributed by atoms with van der Waals surface area (Å²) >= 11 is 0. The third-order valence-corrected chi connectivity index (χ3v) is 3.79. The summed E-state index contributed by atoms with van der Waals surface area (Å²) in [6.07, 6.45) is 10.2. The highest BCUT2D eigenvalue weighted by atomic mass is 16.1. The fourth-order valence-electron chi connectivity index (χ4n) is 2.59. The topological polar surface area (TPSA) is 54.0 Å². The molecule has 1 aromatic rings. The van der Waals surface area contributed by atoms with Crippen molar-refractivity contribution in [3.05, 3.63) is 24.0 Å². The van der Waals surface area contributed by atoms with Crippen LogP contribution in [0.2, 0.25) is 0 Å². The Kier molecular flexibility index (Phi) is 5.84. The monoisotopic (exact) mass is 275 g/mol. The lowest BCUT2D eigenvalue weighted by Gasteiger charge is -2.13. The maximum Gasteiger partial charge on any atom is 0.269 e. The Morgan fingerprint density at radius 3 is 2.75 bits per heavy atom. The molecular formula is C16H25N3O. The zero-order valence-corrected chi connectivity index (χ0v) is 12.3. The van der Waals surface area contributed by atoms with E-state index >= 15 is 0 Å². The second-order valence-electron chi connectivity index (χ2n) is 5.52. The van der Waals surface area contributed by atoms with Crippen molar-refractivity contribution in [1.82, 2.24) is 10.3 Å². The van der Waals surface area contributed by atoms with E-state index in [1.54, 1.807) is 12.3 Å². The molecule has 20 heavy (non-hydrogen) atoms. The van der Waals surface area contributed by atoms with Gasteiger partial charge in [-0.25, -0.2) is 4.98 Å². The molecule has 0 radical (unpaired) electrons. The number of nitrogens with zero attached hydrogens (tertiary/aromatic N) is 1. The van der Waals surface area contributed by atoms with E-state index in [-0.39, 0.29) is 5.91 Å². The number of anilines is 1. The first-order valence-electron chi connectivity index (χ1n) is 7.80. The van der Waals surface area contributed by atoms with E-state index < -0.39 is 0 Å². The minimum Gasteiger partial charge on any atom is -0.381 e. The molecule has 0 aliphatic heterocycles. The average molecular weight is 275 g/mol. The molecule has 0 bridgehead atoms. The normalized spacial score (nSPS) is 15.2. The zero-order valence-electron chi connectivity index (χ0n) is 12.3. The van der Waals surface area contributed by atoms with Gasteiger partial charge in [-0.05, 0) is 31.4 Å². The molecule has 0 atom stereocenters. The molecule has 4 heteroatoms. The van der Waals surface area contributed by atoms with Crippen molar-refractivity contribution in [2.24, 2.45) is 0 Å². The Bertz CT molecular complexity index is 410. The molecule has 4 nitrogen and oxygen atoms in total. The number of unbranched alkanes of at least 4 members (excludes halogenated alkanes) is 2. The Morgan fingerprint density at radius 2 is 2.10 bits per heavy atom. The molecule has 1 amide bonds. The Labute approximate surface area is 121 Å². The molecule has 0 aromatic carbocycles. The molecule has 1 heterocycles. The van der Waals surface area contributed by atoms with Crippen LogP contribution in [0.25, 0.3) is 0 Å². The second kappa shape index (κ2) is 7.88. The Morgan fingerprint density at radius 1 is 1.30 bits per heavy atom. The molecular weight excluding hydrogens is 250 g/mol. The van der Waals surface area contributed by atoms with E-state index in [2.05, 4.69) is 22.5 Å². The van der Waals surface area contributed by atoms with Gasteiger partial charge in [-0.1, -0.05) is 32.6 Å². The highest BCUT2D eigenvalue weighted by molar-refractivity contribution is 5.92. The minimum absolute atomic E-state index is 0.0754. The van der Waals surface area contributed by atoms with E-state index in [4.69, 9.17) is 0 Å². The predicted molar refractivity (Wildman–Crippen MR) is 82.0 cm³/mol. The lowest BCUT2D eigenvalue weighted by molar-refractivity contribution is 0.0948. The number of rotatable bonds is 7. The van der Waals surface area contributed by atoms with Crippen molar-refractivity contribution in [3.63, 3.8) is 0 Å². The summed E-state index contributed by atoms with van der Waals surface area (Å²) in [5, 5.41) is 6.38. The van der Waals surface area contributed by atoms with Gasteiger partial charge in [-0.3, -0.25) is 4.79 Å². The Hall–Kier alpha value is -1.58. The average Bonchev–Trinajstić information content (AvgIpc) is 2.97. The summed E-state index contributed by atoms with van der Waals surface area (Å²) in [6.45, 7) is 2.88. The number of pyridine rings is 1. The highest BCUT2D eigenvalue weighted by Crippen LogP contribution is 2.21. The SMILES string of the molecule is CCCCCNC(=O)c1ccc(NC2CCCC2)cn1. The van der Waals surface area contributed by atoms with Crippen LogP contribution in [0.3, 0.4) is 0 Å². The number of amides is 1. The lowest BCUT2D eigenvalue weighted by atomic mass is 10.2. The van der Waals surface area contributed by atoms with E-state index in [0.29, 0.717) is 11.7 Å². The first-order chi connectivity index (χ1) is 9.79. The van der Waals surface area contributed by atoms with Crippen molar-refractivity contribution in [2.75, 3.05) is 11.9 Å². The Balaban J connectivity index is 1.79. The van der Waals surface area contributed by atoms with Gasteiger partial charge in [0.15, 0.2) is 0 Å². The maximum atomic E-state index is 11.9. The zero-order chi connectivity index (χ0) is 14.2. The molecule has 0 unspecified atom stereocenters. The molecule has 2 N–H and O–H groups in total. The summed E-state index contributed by atoms with van der Waals surface area (Å²) < 4.78 is 0. The van der Waals surface area contributed by atoms with Crippen LogP contribution in [-0.4, -0.2) is 23.5 Å². The van der Waals surface area contributed by atoms with Crippen molar-refractivity contribution < 1.29 is 4.79 Å². The number of aromatic nitrogens is 1. The standard InChI is InChI=1S/C16H25N3O/c1-2-3-6-11-17-16(20)15-10-9-14(12-18-15)19-13-7-4-5-8-13/h9-10,12-13,19H,2-8,11H2,1H3,(H,17,20). The third kappa shape index (κ3) is 4.51. The van der Waals surface area contributed by atoms with E-state index in [1.165, 1.54) is 25.7 Å². The first kappa shape index (κ1) is 14.8. The fourth-order valence-corrected chi connectivity index (χ4v) is 2.59. The molecule has 0 saturated heterocycles. The molecule has 2 rings (SSSR count). The second-order valence-corrected chi connectivity index (χ2v) is 5.52. The number of carbonyl (C=O) groups excluding carboxylic acids is 1. The van der Waals surface area contributed by atoms with E-state index in [0.717, 1.165) is 31.5 Å². The van der Waals surface area contributed by atoms with Crippen LogP contribution in [0.5, 0.6) is 0 Å². The van der Waals surface area contributed by atoms with Crippen LogP contribution in [0, 0.1) is 0 Å². The van der Waals surface area contributed by atoms with Gasteiger partial charge in [0.05, 0.1) is 11.9 Å². The molecule has 1 aliphatic carbocycles. The van der Waals surface area contributed by atoms with Gasteiger partial charge in [-0.15, -0.1) is 0 Å². The fraction of sp³-hybridized carbons (Fsp3) is 0.625. The molecule has 1 fully saturated rings. The molecule has 1 aliphatic rings. The highest BCUT2D eigenvalue weighted by Gasteiger charge is 2.14.